The summed E-state index contributed by atoms with van der Waals surface area (Å²) in [6.45, 7) is 6.59. The molecule has 140 valence electrons. The molecule has 0 aliphatic heterocycles. The van der Waals surface area contributed by atoms with E-state index < -0.39 is 42.4 Å². The first-order valence-corrected chi connectivity index (χ1v) is 7.68. The zero-order chi connectivity index (χ0) is 18.8. The molecule has 0 bridgehead atoms. The van der Waals surface area contributed by atoms with Crippen molar-refractivity contribution in [3.63, 3.8) is 0 Å². The van der Waals surface area contributed by atoms with Crippen molar-refractivity contribution >= 4 is 18.0 Å². The van der Waals surface area contributed by atoms with Gasteiger partial charge < -0.3 is 39.3 Å². The van der Waals surface area contributed by atoms with Crippen LogP contribution in [0.5, 0.6) is 0 Å². The van der Waals surface area contributed by atoms with Crippen molar-refractivity contribution in [2.75, 3.05) is 19.8 Å². The van der Waals surface area contributed by atoms with Gasteiger partial charge in [0, 0.05) is 13.2 Å². The minimum atomic E-state index is -1.49. The van der Waals surface area contributed by atoms with Gasteiger partial charge in [0.05, 0.1) is 24.6 Å². The number of carboxylic acid groups (broad SMARTS) is 2. The third-order valence-electron chi connectivity index (χ3n) is 2.65. The van der Waals surface area contributed by atoms with Crippen molar-refractivity contribution in [2.24, 2.45) is 0 Å². The van der Waals surface area contributed by atoms with E-state index in [1.165, 1.54) is 0 Å². The fourth-order valence-electron chi connectivity index (χ4n) is 1.65. The SMILES string of the molecule is CCOC(COC(CCCNC(=O)OC(C)(C)C)C(=O)[O-])C(=O)[O-].[Li+].[Li+]. The van der Waals surface area contributed by atoms with Crippen molar-refractivity contribution in [1.29, 1.82) is 0 Å². The molecule has 1 amide bonds. The number of alkyl carbamates (subject to hydrolysis) is 1. The summed E-state index contributed by atoms with van der Waals surface area (Å²) >= 11 is 0. The zero-order valence-corrected chi connectivity index (χ0v) is 16.5. The van der Waals surface area contributed by atoms with Crippen LogP contribution in [-0.2, 0) is 23.8 Å². The molecule has 0 saturated carbocycles. The van der Waals surface area contributed by atoms with Crippen LogP contribution < -0.4 is 53.3 Å². The average Bonchev–Trinajstić information content (AvgIpc) is 2.42. The summed E-state index contributed by atoms with van der Waals surface area (Å²) in [5, 5.41) is 24.3. The summed E-state index contributed by atoms with van der Waals surface area (Å²) in [5.74, 6) is -2.96. The summed E-state index contributed by atoms with van der Waals surface area (Å²) in [7, 11) is 0. The topological polar surface area (TPSA) is 137 Å². The first kappa shape index (κ1) is 30.1. The monoisotopic (exact) mass is 361 g/mol. The molecule has 0 fully saturated rings. The van der Waals surface area contributed by atoms with E-state index in [1.807, 2.05) is 0 Å². The molecule has 11 heteroatoms. The minimum absolute atomic E-state index is 0. The number of hydrogen-bond donors (Lipinski definition) is 1. The molecule has 0 heterocycles. The molecular formula is C15H25Li2NO8. The second-order valence-corrected chi connectivity index (χ2v) is 5.97. The fourth-order valence-corrected chi connectivity index (χ4v) is 1.65. The van der Waals surface area contributed by atoms with E-state index in [0.717, 1.165) is 0 Å². The fraction of sp³-hybridized carbons (Fsp3) is 0.800. The predicted molar refractivity (Wildman–Crippen MR) is 78.6 cm³/mol. The van der Waals surface area contributed by atoms with Crippen LogP contribution in [0.15, 0.2) is 0 Å². The van der Waals surface area contributed by atoms with Crippen molar-refractivity contribution in [3.8, 4) is 0 Å². The van der Waals surface area contributed by atoms with Crippen LogP contribution >= 0.6 is 0 Å². The largest absolute Gasteiger partial charge is 1.00 e. The second kappa shape index (κ2) is 15.4. The Morgan fingerprint density at radius 3 is 1.96 bits per heavy atom. The number of rotatable bonds is 11. The molecule has 0 radical (unpaired) electrons. The van der Waals surface area contributed by atoms with Crippen molar-refractivity contribution < 1.29 is 76.5 Å². The van der Waals surface area contributed by atoms with Crippen molar-refractivity contribution in [2.45, 2.75) is 58.3 Å². The van der Waals surface area contributed by atoms with E-state index in [4.69, 9.17) is 14.2 Å². The molecular weight excluding hydrogens is 336 g/mol. The van der Waals surface area contributed by atoms with Crippen LogP contribution in [0.1, 0.15) is 40.5 Å². The summed E-state index contributed by atoms with van der Waals surface area (Å²) in [5.41, 5.74) is -0.625. The van der Waals surface area contributed by atoms with Crippen LogP contribution in [0.3, 0.4) is 0 Å². The van der Waals surface area contributed by atoms with Gasteiger partial charge in [-0.15, -0.1) is 0 Å². The first-order chi connectivity index (χ1) is 11.1. The van der Waals surface area contributed by atoms with Crippen molar-refractivity contribution in [1.82, 2.24) is 5.32 Å². The third kappa shape index (κ3) is 15.6. The molecule has 0 aromatic rings. The molecule has 0 aliphatic rings. The molecule has 0 aliphatic carbocycles. The van der Waals surface area contributed by atoms with Gasteiger partial charge in [-0.2, -0.15) is 0 Å². The Kier molecular flexibility index (Phi) is 17.8. The maximum Gasteiger partial charge on any atom is 1.00 e. The van der Waals surface area contributed by atoms with Gasteiger partial charge in [-0.25, -0.2) is 4.79 Å². The van der Waals surface area contributed by atoms with Crippen molar-refractivity contribution in [3.05, 3.63) is 0 Å². The van der Waals surface area contributed by atoms with Crippen LogP contribution in [0.4, 0.5) is 4.79 Å². The second-order valence-electron chi connectivity index (χ2n) is 5.97. The summed E-state index contributed by atoms with van der Waals surface area (Å²) in [4.78, 5) is 33.2. The number of aliphatic carboxylic acids is 2. The molecule has 0 spiro atoms. The number of carboxylic acids is 2. The van der Waals surface area contributed by atoms with Gasteiger partial charge in [-0.1, -0.05) is 0 Å². The Morgan fingerprint density at radius 2 is 1.54 bits per heavy atom. The summed E-state index contributed by atoms with van der Waals surface area (Å²) in [6, 6.07) is 0. The van der Waals surface area contributed by atoms with E-state index in [-0.39, 0.29) is 63.7 Å². The number of amides is 1. The minimum Gasteiger partial charge on any atom is -0.547 e. The maximum absolute atomic E-state index is 11.4. The molecule has 1 N–H and O–H groups in total. The molecule has 2 unspecified atom stereocenters. The molecule has 0 aromatic heterocycles. The van der Waals surface area contributed by atoms with Gasteiger partial charge in [0.25, 0.3) is 0 Å². The third-order valence-corrected chi connectivity index (χ3v) is 2.65. The smallest absolute Gasteiger partial charge is 0.547 e. The van der Waals surface area contributed by atoms with E-state index in [1.54, 1.807) is 27.7 Å². The van der Waals surface area contributed by atoms with Gasteiger partial charge in [0.2, 0.25) is 0 Å². The molecule has 26 heavy (non-hydrogen) atoms. The maximum atomic E-state index is 11.4. The standard InChI is InChI=1S/C15H27NO8.2Li/c1-5-22-11(13(19)20)9-23-10(12(17)18)7-6-8-16-14(21)24-15(2,3)4;;/h10-11H,5-9H2,1-4H3,(H,16,21)(H,17,18)(H,19,20);;/q;2*+1/p-2. The Labute approximate surface area is 177 Å². The summed E-state index contributed by atoms with van der Waals surface area (Å²) < 4.78 is 14.9. The Bertz CT molecular complexity index is 428. The van der Waals surface area contributed by atoms with Gasteiger partial charge in [0.1, 0.15) is 11.7 Å². The van der Waals surface area contributed by atoms with E-state index in [9.17, 15) is 24.6 Å². The van der Waals surface area contributed by atoms with Gasteiger partial charge in [-0.3, -0.25) is 0 Å². The van der Waals surface area contributed by atoms with Crippen LogP contribution in [-0.4, -0.2) is 55.6 Å². The molecule has 0 saturated heterocycles. The van der Waals surface area contributed by atoms with E-state index in [2.05, 4.69) is 5.32 Å². The Hall–Kier alpha value is -0.675. The molecule has 2 atom stereocenters. The average molecular weight is 361 g/mol. The molecule has 0 rings (SSSR count). The normalized spacial score (nSPS) is 12.8. The Morgan fingerprint density at radius 1 is 1.00 bits per heavy atom. The van der Waals surface area contributed by atoms with Gasteiger partial charge >= 0.3 is 43.8 Å². The summed E-state index contributed by atoms with van der Waals surface area (Å²) in [6.07, 6.45) is -2.96. The molecule has 0 aromatic carbocycles. The van der Waals surface area contributed by atoms with Crippen LogP contribution in [0, 0.1) is 0 Å². The van der Waals surface area contributed by atoms with Crippen LogP contribution in [0.2, 0.25) is 0 Å². The first-order valence-electron chi connectivity index (χ1n) is 7.68. The number of hydrogen-bond acceptors (Lipinski definition) is 8. The van der Waals surface area contributed by atoms with Gasteiger partial charge in [-0.05, 0) is 40.5 Å². The number of nitrogens with one attached hydrogen (secondary N) is 1. The van der Waals surface area contributed by atoms with Crippen LogP contribution in [0.25, 0.3) is 0 Å². The molecule has 9 nitrogen and oxygen atoms in total. The zero-order valence-electron chi connectivity index (χ0n) is 16.5. The number of carbonyl (C=O) groups excluding carboxylic acids is 3. The predicted octanol–water partition coefficient (Wildman–Crippen LogP) is -7.41. The Balaban J connectivity index is -0.00000264. The van der Waals surface area contributed by atoms with E-state index >= 15 is 0 Å². The quantitative estimate of drug-likeness (QED) is 0.283. The number of carbonyl (C=O) groups is 3. The van der Waals surface area contributed by atoms with Gasteiger partial charge in [0.15, 0.2) is 0 Å². The van der Waals surface area contributed by atoms with E-state index in [0.29, 0.717) is 0 Å². The number of ether oxygens (including phenoxy) is 3.